The molecule has 2 aliphatic heterocycles. The normalized spacial score (nSPS) is 20.0. The number of rotatable bonds is 2. The molecule has 1 fully saturated rings. The first-order valence-corrected chi connectivity index (χ1v) is 8.28. The summed E-state index contributed by atoms with van der Waals surface area (Å²) in [4.78, 5) is 28.8. The maximum absolute atomic E-state index is 12.8. The molecule has 0 aromatic heterocycles. The second-order valence-corrected chi connectivity index (χ2v) is 6.92. The summed E-state index contributed by atoms with van der Waals surface area (Å²) in [5, 5.41) is 0. The third-order valence-corrected chi connectivity index (χ3v) is 4.53. The number of ether oxygens (including phenoxy) is 1. The van der Waals surface area contributed by atoms with Crippen LogP contribution in [0.1, 0.15) is 38.7 Å². The molecule has 0 saturated carbocycles. The van der Waals surface area contributed by atoms with Crippen LogP contribution in [0.3, 0.4) is 0 Å². The second kappa shape index (κ2) is 5.87. The second-order valence-electron chi connectivity index (χ2n) is 6.92. The molecule has 3 rings (SSSR count). The van der Waals surface area contributed by atoms with Gasteiger partial charge in [-0.15, -0.1) is 0 Å². The van der Waals surface area contributed by atoms with E-state index in [2.05, 4.69) is 0 Å². The number of carbonyl (C=O) groups is 2. The molecule has 2 amide bonds. The van der Waals surface area contributed by atoms with Gasteiger partial charge in [-0.05, 0) is 57.7 Å². The van der Waals surface area contributed by atoms with E-state index < -0.39 is 5.60 Å². The van der Waals surface area contributed by atoms with Gasteiger partial charge in [0.05, 0.1) is 5.69 Å². The van der Waals surface area contributed by atoms with E-state index in [4.69, 9.17) is 4.74 Å². The standard InChI is InChI=1S/C18H24N2O3/c1-13-7-8-15-14(11-13)20(17(22)18(2,3)23-15)12-16(21)19-9-5-4-6-10-19/h7-8,11H,4-6,9-10,12H2,1-3H3. The van der Waals surface area contributed by atoms with Crippen LogP contribution in [0.4, 0.5) is 5.69 Å². The molecule has 5 heteroatoms. The van der Waals surface area contributed by atoms with Crippen molar-refractivity contribution in [2.75, 3.05) is 24.5 Å². The van der Waals surface area contributed by atoms with E-state index in [0.717, 1.165) is 31.5 Å². The summed E-state index contributed by atoms with van der Waals surface area (Å²) in [5.74, 6) is 0.510. The van der Waals surface area contributed by atoms with E-state index in [1.165, 1.54) is 6.42 Å². The molecule has 1 saturated heterocycles. The number of amides is 2. The summed E-state index contributed by atoms with van der Waals surface area (Å²) >= 11 is 0. The Balaban J connectivity index is 1.88. The number of aryl methyl sites for hydroxylation is 1. The molecule has 0 unspecified atom stereocenters. The maximum atomic E-state index is 12.8. The topological polar surface area (TPSA) is 49.9 Å². The molecule has 1 aromatic carbocycles. The lowest BCUT2D eigenvalue weighted by Gasteiger charge is -2.39. The fourth-order valence-corrected chi connectivity index (χ4v) is 3.21. The number of piperidine rings is 1. The van der Waals surface area contributed by atoms with Crippen LogP contribution in [-0.2, 0) is 9.59 Å². The fraction of sp³-hybridized carbons (Fsp3) is 0.556. The van der Waals surface area contributed by atoms with Crippen molar-refractivity contribution >= 4 is 17.5 Å². The SMILES string of the molecule is Cc1ccc2c(c1)N(CC(=O)N1CCCCC1)C(=O)C(C)(C)O2. The highest BCUT2D eigenvalue weighted by Crippen LogP contribution is 2.38. The lowest BCUT2D eigenvalue weighted by atomic mass is 10.0. The number of nitrogens with zero attached hydrogens (tertiary/aromatic N) is 2. The highest BCUT2D eigenvalue weighted by molar-refractivity contribution is 6.05. The zero-order valence-electron chi connectivity index (χ0n) is 14.1. The van der Waals surface area contributed by atoms with Crippen molar-refractivity contribution in [1.82, 2.24) is 4.90 Å². The number of hydrogen-bond donors (Lipinski definition) is 0. The molecule has 5 nitrogen and oxygen atoms in total. The van der Waals surface area contributed by atoms with Crippen molar-refractivity contribution < 1.29 is 14.3 Å². The van der Waals surface area contributed by atoms with E-state index in [9.17, 15) is 9.59 Å². The zero-order chi connectivity index (χ0) is 16.6. The number of carbonyl (C=O) groups excluding carboxylic acids is 2. The van der Waals surface area contributed by atoms with Crippen molar-refractivity contribution in [2.45, 2.75) is 45.6 Å². The number of anilines is 1. The van der Waals surface area contributed by atoms with Crippen LogP contribution in [0.5, 0.6) is 5.75 Å². The summed E-state index contributed by atoms with van der Waals surface area (Å²) in [6.07, 6.45) is 3.27. The fourth-order valence-electron chi connectivity index (χ4n) is 3.21. The predicted octanol–water partition coefficient (Wildman–Crippen LogP) is 2.51. The van der Waals surface area contributed by atoms with Crippen LogP contribution < -0.4 is 9.64 Å². The Morgan fingerprint density at radius 2 is 1.91 bits per heavy atom. The average molecular weight is 316 g/mol. The van der Waals surface area contributed by atoms with Crippen molar-refractivity contribution in [3.05, 3.63) is 23.8 Å². The molecule has 23 heavy (non-hydrogen) atoms. The van der Waals surface area contributed by atoms with Crippen molar-refractivity contribution in [2.24, 2.45) is 0 Å². The lowest BCUT2D eigenvalue weighted by molar-refractivity contribution is -0.137. The predicted molar refractivity (Wildman–Crippen MR) is 88.7 cm³/mol. The Bertz CT molecular complexity index is 633. The van der Waals surface area contributed by atoms with Crippen molar-refractivity contribution in [3.8, 4) is 5.75 Å². The summed E-state index contributed by atoms with van der Waals surface area (Å²) in [6.45, 7) is 7.13. The smallest absolute Gasteiger partial charge is 0.271 e. The number of benzene rings is 1. The Labute approximate surface area is 137 Å². The van der Waals surface area contributed by atoms with Crippen molar-refractivity contribution in [1.29, 1.82) is 0 Å². The minimum absolute atomic E-state index is 0.0169. The minimum Gasteiger partial charge on any atom is -0.476 e. The summed E-state index contributed by atoms with van der Waals surface area (Å²) in [7, 11) is 0. The molecule has 0 atom stereocenters. The molecular formula is C18H24N2O3. The first-order valence-electron chi connectivity index (χ1n) is 8.28. The van der Waals surface area contributed by atoms with E-state index in [1.54, 1.807) is 18.7 Å². The van der Waals surface area contributed by atoms with Gasteiger partial charge in [0.2, 0.25) is 5.91 Å². The highest BCUT2D eigenvalue weighted by atomic mass is 16.5. The van der Waals surface area contributed by atoms with Crippen LogP contribution in [0.25, 0.3) is 0 Å². The van der Waals surface area contributed by atoms with Gasteiger partial charge in [0.1, 0.15) is 12.3 Å². The van der Waals surface area contributed by atoms with Crippen LogP contribution in [0.15, 0.2) is 18.2 Å². The minimum atomic E-state index is -0.954. The molecule has 0 aliphatic carbocycles. The van der Waals surface area contributed by atoms with Crippen LogP contribution in [0.2, 0.25) is 0 Å². The van der Waals surface area contributed by atoms with Crippen LogP contribution >= 0.6 is 0 Å². The van der Waals surface area contributed by atoms with Crippen molar-refractivity contribution in [3.63, 3.8) is 0 Å². The third-order valence-electron chi connectivity index (χ3n) is 4.53. The van der Waals surface area contributed by atoms with Gasteiger partial charge in [0.25, 0.3) is 5.91 Å². The number of hydrogen-bond acceptors (Lipinski definition) is 3. The Morgan fingerprint density at radius 3 is 2.61 bits per heavy atom. The van der Waals surface area contributed by atoms with E-state index in [0.29, 0.717) is 11.4 Å². The lowest BCUT2D eigenvalue weighted by Crippen LogP contribution is -2.55. The molecule has 2 aliphatic rings. The van der Waals surface area contributed by atoms with E-state index in [1.807, 2.05) is 30.0 Å². The van der Waals surface area contributed by atoms with Crippen LogP contribution in [0, 0.1) is 6.92 Å². The highest BCUT2D eigenvalue weighted by Gasteiger charge is 2.42. The maximum Gasteiger partial charge on any atom is 0.271 e. The molecule has 0 N–H and O–H groups in total. The average Bonchev–Trinajstić information content (AvgIpc) is 2.53. The van der Waals surface area contributed by atoms with Gasteiger partial charge in [-0.25, -0.2) is 0 Å². The number of fused-ring (bicyclic) bond motifs is 1. The van der Waals surface area contributed by atoms with Gasteiger partial charge in [-0.1, -0.05) is 6.07 Å². The Kier molecular flexibility index (Phi) is 4.04. The van der Waals surface area contributed by atoms with Crippen LogP contribution in [-0.4, -0.2) is 41.9 Å². The first-order chi connectivity index (χ1) is 10.9. The van der Waals surface area contributed by atoms with Gasteiger partial charge < -0.3 is 9.64 Å². The molecule has 0 spiro atoms. The van der Waals surface area contributed by atoms with E-state index in [-0.39, 0.29) is 18.4 Å². The van der Waals surface area contributed by atoms with Gasteiger partial charge >= 0.3 is 0 Å². The van der Waals surface area contributed by atoms with Gasteiger partial charge in [0.15, 0.2) is 5.60 Å². The molecular weight excluding hydrogens is 292 g/mol. The molecule has 1 aromatic rings. The van der Waals surface area contributed by atoms with E-state index >= 15 is 0 Å². The molecule has 124 valence electrons. The quantitative estimate of drug-likeness (QED) is 0.842. The Hall–Kier alpha value is -2.04. The van der Waals surface area contributed by atoms with Gasteiger partial charge in [-0.3, -0.25) is 14.5 Å². The van der Waals surface area contributed by atoms with Gasteiger partial charge in [-0.2, -0.15) is 0 Å². The summed E-state index contributed by atoms with van der Waals surface area (Å²) in [6, 6.07) is 5.73. The Morgan fingerprint density at radius 1 is 1.22 bits per heavy atom. The van der Waals surface area contributed by atoms with Gasteiger partial charge in [0, 0.05) is 13.1 Å². The molecule has 2 heterocycles. The first kappa shape index (κ1) is 15.8. The monoisotopic (exact) mass is 316 g/mol. The molecule has 0 radical (unpaired) electrons. The zero-order valence-corrected chi connectivity index (χ0v) is 14.1. The summed E-state index contributed by atoms with van der Waals surface area (Å²) < 4.78 is 5.83. The summed E-state index contributed by atoms with van der Waals surface area (Å²) in [5.41, 5.74) is 0.778. The number of likely N-dealkylation sites (tertiary alicyclic amines) is 1. The third kappa shape index (κ3) is 3.05. The molecule has 0 bridgehead atoms. The largest absolute Gasteiger partial charge is 0.476 e.